The van der Waals surface area contributed by atoms with Gasteiger partial charge in [-0.05, 0) is 63.4 Å². The number of alkyl halides is 3. The zero-order valence-corrected chi connectivity index (χ0v) is 23.4. The number of carbonyl (C=O) groups excluding carboxylic acids is 1. The number of likely N-dealkylation sites (tertiary alicyclic amines) is 1. The number of halogens is 3. The van der Waals surface area contributed by atoms with Crippen LogP contribution in [-0.2, 0) is 22.3 Å². The van der Waals surface area contributed by atoms with Crippen molar-refractivity contribution in [2.24, 2.45) is 10.9 Å². The van der Waals surface area contributed by atoms with E-state index in [1.807, 2.05) is 32.0 Å². The monoisotopic (exact) mass is 565 g/mol. The molecule has 6 nitrogen and oxygen atoms in total. The minimum Gasteiger partial charge on any atom is -0.475 e. The summed E-state index contributed by atoms with van der Waals surface area (Å²) in [6, 6.07) is 17.1. The van der Waals surface area contributed by atoms with Crippen molar-refractivity contribution in [3.8, 4) is 5.88 Å². The molecule has 2 aliphatic rings. The van der Waals surface area contributed by atoms with Gasteiger partial charge in [0.2, 0.25) is 5.88 Å². The molecule has 0 N–H and O–H groups in total. The molecule has 0 aliphatic carbocycles. The number of esters is 1. The number of benzene rings is 2. The molecule has 5 rings (SSSR count). The van der Waals surface area contributed by atoms with Gasteiger partial charge < -0.3 is 9.47 Å². The second-order valence-corrected chi connectivity index (χ2v) is 10.9. The molecule has 3 heterocycles. The molecule has 3 atom stereocenters. The van der Waals surface area contributed by atoms with Gasteiger partial charge in [0.15, 0.2) is 0 Å². The lowest BCUT2D eigenvalue weighted by atomic mass is 9.74. The normalized spacial score (nSPS) is 21.2. The summed E-state index contributed by atoms with van der Waals surface area (Å²) in [4.78, 5) is 25.2. The summed E-state index contributed by atoms with van der Waals surface area (Å²) >= 11 is 0. The van der Waals surface area contributed by atoms with Gasteiger partial charge in [0.1, 0.15) is 12.0 Å². The Morgan fingerprint density at radius 3 is 2.54 bits per heavy atom. The number of rotatable bonds is 7. The molecule has 0 saturated carbocycles. The van der Waals surface area contributed by atoms with E-state index in [0.717, 1.165) is 25.6 Å². The van der Waals surface area contributed by atoms with Crippen molar-refractivity contribution in [1.29, 1.82) is 0 Å². The summed E-state index contributed by atoms with van der Waals surface area (Å²) in [5, 5.41) is 0. The van der Waals surface area contributed by atoms with E-state index in [0.29, 0.717) is 29.9 Å². The van der Waals surface area contributed by atoms with Crippen molar-refractivity contribution < 1.29 is 27.4 Å². The molecule has 1 fully saturated rings. The highest BCUT2D eigenvalue weighted by atomic mass is 19.4. The molecule has 216 valence electrons. The van der Waals surface area contributed by atoms with Crippen LogP contribution in [-0.4, -0.2) is 46.9 Å². The number of hydrogen-bond donors (Lipinski definition) is 0. The Hall–Kier alpha value is -3.72. The number of ether oxygens (including phenoxy) is 2. The van der Waals surface area contributed by atoms with Gasteiger partial charge in [-0.3, -0.25) is 14.7 Å². The Kier molecular flexibility index (Phi) is 8.45. The Balaban J connectivity index is 1.50. The molecular weight excluding hydrogens is 531 g/mol. The number of hydrogen-bond acceptors (Lipinski definition) is 6. The molecule has 9 heteroatoms. The van der Waals surface area contributed by atoms with E-state index in [2.05, 4.69) is 27.0 Å². The number of carbonyl (C=O) groups is 1. The Morgan fingerprint density at radius 2 is 1.80 bits per heavy atom. The van der Waals surface area contributed by atoms with Crippen LogP contribution >= 0.6 is 0 Å². The van der Waals surface area contributed by atoms with Crippen LogP contribution in [0.3, 0.4) is 0 Å². The number of aliphatic imine (C=N–C) groups is 1. The third-order valence-electron chi connectivity index (χ3n) is 7.52. The van der Waals surface area contributed by atoms with E-state index >= 15 is 0 Å². The molecule has 2 aromatic carbocycles. The first-order chi connectivity index (χ1) is 19.6. The second-order valence-electron chi connectivity index (χ2n) is 10.9. The lowest BCUT2D eigenvalue weighted by Crippen LogP contribution is -2.43. The SMILES string of the molecule is CC1=Nc2ccnc(OC(C)C)c2C(c2ccccc2C(F)(F)F)C1C(=O)OC1CCCN(Cc2ccccc2)C1. The molecule has 0 radical (unpaired) electrons. The van der Waals surface area contributed by atoms with Crippen molar-refractivity contribution >= 4 is 17.4 Å². The van der Waals surface area contributed by atoms with Gasteiger partial charge in [-0.1, -0.05) is 48.5 Å². The zero-order chi connectivity index (χ0) is 29.1. The minimum absolute atomic E-state index is 0.0339. The molecule has 0 amide bonds. The molecule has 1 saturated heterocycles. The molecule has 0 bridgehead atoms. The van der Waals surface area contributed by atoms with E-state index in [-0.39, 0.29) is 23.7 Å². The standard InChI is InChI=1S/C32H34F3N3O3/c1-20(2)40-30-29-26(15-16-36-30)37-21(3)27(28(29)24-13-7-8-14-25(24)32(33,34)35)31(39)41-23-12-9-17-38(19-23)18-22-10-5-4-6-11-22/h4-8,10-11,13-16,20,23,27-28H,9,12,17-19H2,1-3H3. The average molecular weight is 566 g/mol. The summed E-state index contributed by atoms with van der Waals surface area (Å²) in [6.07, 6.45) is -2.25. The van der Waals surface area contributed by atoms with Crippen molar-refractivity contribution in [2.75, 3.05) is 13.1 Å². The van der Waals surface area contributed by atoms with E-state index < -0.39 is 29.5 Å². The lowest BCUT2D eigenvalue weighted by Gasteiger charge is -2.36. The topological polar surface area (TPSA) is 64.0 Å². The van der Waals surface area contributed by atoms with E-state index in [1.165, 1.54) is 23.9 Å². The van der Waals surface area contributed by atoms with Crippen molar-refractivity contribution in [3.05, 3.63) is 89.1 Å². The maximum atomic E-state index is 14.3. The van der Waals surface area contributed by atoms with Crippen LogP contribution < -0.4 is 4.74 Å². The number of fused-ring (bicyclic) bond motifs is 1. The van der Waals surface area contributed by atoms with Gasteiger partial charge >= 0.3 is 12.1 Å². The predicted octanol–water partition coefficient (Wildman–Crippen LogP) is 6.95. The zero-order valence-electron chi connectivity index (χ0n) is 23.4. The first-order valence-electron chi connectivity index (χ1n) is 14.0. The van der Waals surface area contributed by atoms with Gasteiger partial charge in [0, 0.05) is 36.5 Å². The van der Waals surface area contributed by atoms with Crippen LogP contribution in [0.2, 0.25) is 0 Å². The van der Waals surface area contributed by atoms with Gasteiger partial charge in [0.05, 0.1) is 17.4 Å². The van der Waals surface area contributed by atoms with E-state index in [9.17, 15) is 18.0 Å². The highest BCUT2D eigenvalue weighted by molar-refractivity contribution is 6.05. The molecular formula is C32H34F3N3O3. The van der Waals surface area contributed by atoms with E-state index in [4.69, 9.17) is 9.47 Å². The van der Waals surface area contributed by atoms with Gasteiger partial charge in [-0.2, -0.15) is 13.2 Å². The maximum absolute atomic E-state index is 14.3. The molecule has 1 aromatic heterocycles. The number of nitrogens with zero attached hydrogens (tertiary/aromatic N) is 3. The first-order valence-corrected chi connectivity index (χ1v) is 14.0. The summed E-state index contributed by atoms with van der Waals surface area (Å²) in [5.41, 5.74) is 1.51. The van der Waals surface area contributed by atoms with Crippen LogP contribution in [0.1, 0.15) is 61.8 Å². The Morgan fingerprint density at radius 1 is 1.07 bits per heavy atom. The molecule has 41 heavy (non-hydrogen) atoms. The molecule has 3 aromatic rings. The number of pyridine rings is 1. The predicted molar refractivity (Wildman–Crippen MR) is 150 cm³/mol. The minimum atomic E-state index is -4.63. The van der Waals surface area contributed by atoms with Crippen LogP contribution in [0.15, 0.2) is 71.9 Å². The van der Waals surface area contributed by atoms with Crippen LogP contribution in [0, 0.1) is 5.92 Å². The fourth-order valence-corrected chi connectivity index (χ4v) is 5.82. The summed E-state index contributed by atoms with van der Waals surface area (Å²) < 4.78 is 55.0. The quantitative estimate of drug-likeness (QED) is 0.290. The van der Waals surface area contributed by atoms with Crippen LogP contribution in [0.25, 0.3) is 0 Å². The van der Waals surface area contributed by atoms with Crippen LogP contribution in [0.4, 0.5) is 18.9 Å². The van der Waals surface area contributed by atoms with Gasteiger partial charge in [-0.15, -0.1) is 0 Å². The molecule has 0 spiro atoms. The fourth-order valence-electron chi connectivity index (χ4n) is 5.82. The highest BCUT2D eigenvalue weighted by Gasteiger charge is 2.45. The Labute approximate surface area is 238 Å². The Bertz CT molecular complexity index is 1410. The van der Waals surface area contributed by atoms with Crippen LogP contribution in [0.5, 0.6) is 5.88 Å². The molecule has 2 aliphatic heterocycles. The number of aromatic nitrogens is 1. The summed E-state index contributed by atoms with van der Waals surface area (Å²) in [5.74, 6) is -2.54. The van der Waals surface area contributed by atoms with E-state index in [1.54, 1.807) is 19.1 Å². The third kappa shape index (κ3) is 6.45. The first kappa shape index (κ1) is 28.8. The largest absolute Gasteiger partial charge is 0.475 e. The van der Waals surface area contributed by atoms with Gasteiger partial charge in [0.25, 0.3) is 0 Å². The maximum Gasteiger partial charge on any atom is 0.416 e. The third-order valence-corrected chi connectivity index (χ3v) is 7.52. The highest BCUT2D eigenvalue weighted by Crippen LogP contribution is 2.49. The van der Waals surface area contributed by atoms with Crippen molar-refractivity contribution in [2.45, 2.75) is 64.5 Å². The molecule has 3 unspecified atom stereocenters. The summed E-state index contributed by atoms with van der Waals surface area (Å²) in [6.45, 7) is 7.45. The summed E-state index contributed by atoms with van der Waals surface area (Å²) in [7, 11) is 0. The lowest BCUT2D eigenvalue weighted by molar-refractivity contribution is -0.155. The van der Waals surface area contributed by atoms with Crippen molar-refractivity contribution in [3.63, 3.8) is 0 Å². The second kappa shape index (κ2) is 12.0. The van der Waals surface area contributed by atoms with Crippen molar-refractivity contribution in [1.82, 2.24) is 9.88 Å². The number of piperidine rings is 1. The fraction of sp³-hybridized carbons (Fsp3) is 0.406. The smallest absolute Gasteiger partial charge is 0.416 e. The van der Waals surface area contributed by atoms with Gasteiger partial charge in [-0.25, -0.2) is 4.98 Å². The average Bonchev–Trinajstić information content (AvgIpc) is 2.92.